The average molecular weight is 344 g/mol. The van der Waals surface area contributed by atoms with Gasteiger partial charge in [0.25, 0.3) is 0 Å². The summed E-state index contributed by atoms with van der Waals surface area (Å²) < 4.78 is 5.25. The number of carbonyl (C=O) groups excluding carboxylic acids is 1. The summed E-state index contributed by atoms with van der Waals surface area (Å²) in [5, 5.41) is 1.27. The zero-order valence-corrected chi connectivity index (χ0v) is 14.7. The highest BCUT2D eigenvalue weighted by atomic mass is 16.5. The Bertz CT molecular complexity index is 1030. The number of methoxy groups -OCH3 is 1. The third kappa shape index (κ3) is 2.25. The van der Waals surface area contributed by atoms with E-state index in [0.717, 1.165) is 41.2 Å². The number of benzene rings is 2. The predicted octanol–water partition coefficient (Wildman–Crippen LogP) is 4.09. The number of nitrogens with zero attached hydrogens (tertiary/aromatic N) is 1. The zero-order valence-electron chi connectivity index (χ0n) is 14.7. The molecule has 1 unspecified atom stereocenters. The monoisotopic (exact) mass is 344 g/mol. The molecule has 1 atom stereocenters. The number of H-pyrrole nitrogens is 1. The van der Waals surface area contributed by atoms with E-state index >= 15 is 0 Å². The fourth-order valence-corrected chi connectivity index (χ4v) is 4.20. The summed E-state index contributed by atoms with van der Waals surface area (Å²) in [5.74, 6) is 1.13. The van der Waals surface area contributed by atoms with Crippen LogP contribution in [0.25, 0.3) is 16.6 Å². The van der Waals surface area contributed by atoms with Gasteiger partial charge in [-0.3, -0.25) is 4.79 Å². The van der Waals surface area contributed by atoms with Crippen LogP contribution in [0.15, 0.2) is 54.6 Å². The first-order valence-corrected chi connectivity index (χ1v) is 9.00. The minimum atomic E-state index is 0.0945. The number of rotatable bonds is 2. The maximum Gasteiger partial charge on any atom is 0.227 e. The molecule has 3 heterocycles. The zero-order chi connectivity index (χ0) is 17.7. The minimum Gasteiger partial charge on any atom is -0.497 e. The van der Waals surface area contributed by atoms with Crippen LogP contribution in [0.1, 0.15) is 29.2 Å². The molecule has 0 aliphatic carbocycles. The first kappa shape index (κ1) is 15.3. The summed E-state index contributed by atoms with van der Waals surface area (Å²) in [6.45, 7) is 0.759. The number of carbonyl (C=O) groups is 1. The molecular weight excluding hydrogens is 324 g/mol. The fourth-order valence-electron chi connectivity index (χ4n) is 4.20. The Morgan fingerprint density at radius 2 is 1.92 bits per heavy atom. The van der Waals surface area contributed by atoms with Crippen molar-refractivity contribution in [1.82, 2.24) is 9.88 Å². The number of ether oxygens (including phenoxy) is 1. The molecule has 1 aromatic heterocycles. The Morgan fingerprint density at radius 1 is 1.12 bits per heavy atom. The quantitative estimate of drug-likeness (QED) is 0.761. The largest absolute Gasteiger partial charge is 0.497 e. The van der Waals surface area contributed by atoms with Crippen LogP contribution in [0, 0.1) is 0 Å². The molecule has 0 spiro atoms. The lowest BCUT2D eigenvalue weighted by molar-refractivity contribution is -0.128. The third-order valence-corrected chi connectivity index (χ3v) is 5.54. The first-order chi connectivity index (χ1) is 12.7. The summed E-state index contributed by atoms with van der Waals surface area (Å²) in [4.78, 5) is 18.3. The van der Waals surface area contributed by atoms with Crippen LogP contribution in [-0.2, 0) is 11.2 Å². The first-order valence-electron chi connectivity index (χ1n) is 9.00. The van der Waals surface area contributed by atoms with Crippen molar-refractivity contribution in [1.29, 1.82) is 0 Å². The second kappa shape index (κ2) is 5.77. The molecule has 3 aromatic rings. The Balaban J connectivity index is 1.62. The van der Waals surface area contributed by atoms with Gasteiger partial charge >= 0.3 is 0 Å². The Labute approximate surface area is 152 Å². The fraction of sp³-hybridized carbons (Fsp3) is 0.227. The van der Waals surface area contributed by atoms with Gasteiger partial charge in [-0.2, -0.15) is 0 Å². The van der Waals surface area contributed by atoms with Crippen molar-refractivity contribution in [2.24, 2.45) is 0 Å². The lowest BCUT2D eigenvalue weighted by atomic mass is 9.88. The molecule has 0 saturated carbocycles. The van der Waals surface area contributed by atoms with Crippen LogP contribution >= 0.6 is 0 Å². The van der Waals surface area contributed by atoms with Crippen LogP contribution in [0.3, 0.4) is 0 Å². The molecule has 5 rings (SSSR count). The van der Waals surface area contributed by atoms with Crippen LogP contribution in [0.5, 0.6) is 5.75 Å². The maximum absolute atomic E-state index is 12.8. The number of hydrogen-bond acceptors (Lipinski definition) is 2. The van der Waals surface area contributed by atoms with Gasteiger partial charge in [-0.15, -0.1) is 0 Å². The number of nitrogens with one attached hydrogen (secondary N) is 1. The molecule has 1 amide bonds. The number of fused-ring (bicyclic) bond motifs is 5. The molecule has 4 heteroatoms. The van der Waals surface area contributed by atoms with Gasteiger partial charge in [0.15, 0.2) is 0 Å². The van der Waals surface area contributed by atoms with Crippen molar-refractivity contribution in [2.45, 2.75) is 18.8 Å². The second-order valence-corrected chi connectivity index (χ2v) is 6.96. The van der Waals surface area contributed by atoms with Crippen LogP contribution in [-0.4, -0.2) is 29.4 Å². The van der Waals surface area contributed by atoms with Crippen molar-refractivity contribution in [2.75, 3.05) is 13.7 Å². The molecule has 0 bridgehead atoms. The summed E-state index contributed by atoms with van der Waals surface area (Å²) in [5.41, 5.74) is 5.74. The highest BCUT2D eigenvalue weighted by Crippen LogP contribution is 2.40. The van der Waals surface area contributed by atoms with E-state index in [1.54, 1.807) is 7.11 Å². The van der Waals surface area contributed by atoms with Crippen LogP contribution < -0.4 is 4.74 Å². The summed E-state index contributed by atoms with van der Waals surface area (Å²) >= 11 is 0. The summed E-state index contributed by atoms with van der Waals surface area (Å²) in [6.07, 6.45) is 3.66. The van der Waals surface area contributed by atoms with Gasteiger partial charge in [0.2, 0.25) is 5.91 Å². The molecule has 4 nitrogen and oxygen atoms in total. The van der Waals surface area contributed by atoms with Crippen molar-refractivity contribution < 1.29 is 9.53 Å². The molecule has 0 fully saturated rings. The minimum absolute atomic E-state index is 0.0945. The van der Waals surface area contributed by atoms with Gasteiger partial charge in [-0.1, -0.05) is 36.4 Å². The highest BCUT2D eigenvalue weighted by Gasteiger charge is 2.34. The number of aromatic amines is 1. The number of aromatic nitrogens is 1. The van der Waals surface area contributed by atoms with Gasteiger partial charge < -0.3 is 14.6 Å². The topological polar surface area (TPSA) is 45.3 Å². The molecule has 2 aliphatic heterocycles. The van der Waals surface area contributed by atoms with E-state index in [2.05, 4.69) is 41.4 Å². The number of amides is 1. The molecule has 1 N–H and O–H groups in total. The lowest BCUT2D eigenvalue weighted by Gasteiger charge is -2.35. The van der Waals surface area contributed by atoms with Gasteiger partial charge in [0.05, 0.1) is 18.5 Å². The van der Waals surface area contributed by atoms with E-state index in [4.69, 9.17) is 4.74 Å². The van der Waals surface area contributed by atoms with Crippen molar-refractivity contribution in [3.05, 3.63) is 71.4 Å². The Kier molecular flexibility index (Phi) is 3.38. The van der Waals surface area contributed by atoms with E-state index in [9.17, 15) is 4.79 Å². The van der Waals surface area contributed by atoms with Crippen LogP contribution in [0.2, 0.25) is 0 Å². The van der Waals surface area contributed by atoms with Gasteiger partial charge in [0.1, 0.15) is 5.75 Å². The number of allylic oxidation sites excluding steroid dienone is 1. The van der Waals surface area contributed by atoms with Crippen molar-refractivity contribution in [3.8, 4) is 5.75 Å². The van der Waals surface area contributed by atoms with E-state index in [0.29, 0.717) is 6.42 Å². The number of hydrogen-bond donors (Lipinski definition) is 1. The smallest absolute Gasteiger partial charge is 0.227 e. The molecular formula is C22H20N2O2. The third-order valence-electron chi connectivity index (χ3n) is 5.54. The number of para-hydroxylation sites is 1. The lowest BCUT2D eigenvalue weighted by Crippen LogP contribution is -2.38. The molecule has 2 aromatic carbocycles. The van der Waals surface area contributed by atoms with Crippen molar-refractivity contribution in [3.63, 3.8) is 0 Å². The normalized spacial score (nSPS) is 19.1. The molecule has 130 valence electrons. The Hall–Kier alpha value is -3.01. The van der Waals surface area contributed by atoms with Crippen molar-refractivity contribution >= 4 is 22.5 Å². The van der Waals surface area contributed by atoms with E-state index in [-0.39, 0.29) is 11.8 Å². The average Bonchev–Trinajstić information content (AvgIpc) is 3.07. The maximum atomic E-state index is 12.8. The second-order valence-electron chi connectivity index (χ2n) is 6.96. The van der Waals surface area contributed by atoms with E-state index < -0.39 is 0 Å². The standard InChI is InChI=1S/C22H20N2O2/c1-26-16-8-6-14(7-9-16)15-12-20-22-18(10-11-24(20)21(25)13-15)17-4-2-3-5-19(17)23-22/h2-9,12,15,23H,10-11,13H2,1H3. The highest BCUT2D eigenvalue weighted by molar-refractivity contribution is 5.96. The van der Waals surface area contributed by atoms with Gasteiger partial charge in [-0.05, 0) is 35.7 Å². The van der Waals surface area contributed by atoms with Gasteiger partial charge in [0, 0.05) is 29.8 Å². The predicted molar refractivity (Wildman–Crippen MR) is 102 cm³/mol. The van der Waals surface area contributed by atoms with E-state index in [1.165, 1.54) is 10.9 Å². The SMILES string of the molecule is COc1ccc(C2C=C3c4[nH]c5ccccc5c4CCN3C(=O)C2)cc1. The van der Waals surface area contributed by atoms with Gasteiger partial charge in [-0.25, -0.2) is 0 Å². The summed E-state index contributed by atoms with van der Waals surface area (Å²) in [6, 6.07) is 16.4. The Morgan fingerprint density at radius 3 is 2.73 bits per heavy atom. The molecule has 2 aliphatic rings. The summed E-state index contributed by atoms with van der Waals surface area (Å²) in [7, 11) is 1.67. The molecule has 0 radical (unpaired) electrons. The van der Waals surface area contributed by atoms with Crippen LogP contribution in [0.4, 0.5) is 0 Å². The molecule has 0 saturated heterocycles. The molecule has 26 heavy (non-hydrogen) atoms. The van der Waals surface area contributed by atoms with E-state index in [1.807, 2.05) is 23.1 Å².